The van der Waals surface area contributed by atoms with E-state index in [1.54, 1.807) is 0 Å². The molecule has 0 saturated carbocycles. The topological polar surface area (TPSA) is 57.5 Å². The van der Waals surface area contributed by atoms with Crippen LogP contribution in [0.25, 0.3) is 0 Å². The molecule has 0 aliphatic rings. The fourth-order valence-electron chi connectivity index (χ4n) is 0. The third-order valence-electron chi connectivity index (χ3n) is 0. The molecule has 2 N–H and O–H groups in total. The standard InChI is InChI=1S/HO3P.Tb/c1-4(2)3;/h(H-,1,2,3);/p+1. The van der Waals surface area contributed by atoms with Crippen molar-refractivity contribution >= 4 is 8.25 Å². The van der Waals surface area contributed by atoms with Crippen LogP contribution < -0.4 is 0 Å². The molecule has 0 aliphatic heterocycles. The second-order valence-corrected chi connectivity index (χ2v) is 0.758. The zero-order chi connectivity index (χ0) is 3.58. The van der Waals surface area contributed by atoms with Gasteiger partial charge in [-0.2, -0.15) is 0 Å². The first kappa shape index (κ1) is 9.57. The molecular formula is H2O3PTb+. The van der Waals surface area contributed by atoms with Gasteiger partial charge in [0, 0.05) is 43.2 Å². The van der Waals surface area contributed by atoms with Crippen LogP contribution in [-0.4, -0.2) is 9.79 Å². The summed E-state index contributed by atoms with van der Waals surface area (Å²) in [5.74, 6) is 0. The van der Waals surface area contributed by atoms with Gasteiger partial charge in [-0.3, -0.25) is 0 Å². The molecular weight excluding hydrogens is 238 g/mol. The molecule has 0 fully saturated rings. The van der Waals surface area contributed by atoms with Gasteiger partial charge in [0.25, 0.3) is 0 Å². The van der Waals surface area contributed by atoms with Crippen molar-refractivity contribution in [1.29, 1.82) is 0 Å². The summed E-state index contributed by atoms with van der Waals surface area (Å²) >= 11 is 0. The van der Waals surface area contributed by atoms with Gasteiger partial charge in [-0.1, -0.05) is 0 Å². The Morgan fingerprint density at radius 3 is 1.40 bits per heavy atom. The molecule has 0 aromatic heterocycles. The van der Waals surface area contributed by atoms with Gasteiger partial charge in [-0.25, -0.2) is 0 Å². The van der Waals surface area contributed by atoms with Crippen LogP contribution in [-0.2, 0) is 4.57 Å². The van der Waals surface area contributed by atoms with E-state index in [-0.39, 0.29) is 38.6 Å². The molecule has 0 spiro atoms. The minimum Gasteiger partial charge on any atom is -0.134 e. The van der Waals surface area contributed by atoms with E-state index >= 15 is 0 Å². The number of hydrogen-bond donors (Lipinski definition) is 2. The van der Waals surface area contributed by atoms with Crippen molar-refractivity contribution in [1.82, 2.24) is 0 Å². The summed E-state index contributed by atoms with van der Waals surface area (Å²) < 4.78 is 8.70. The van der Waals surface area contributed by atoms with Crippen LogP contribution in [0, 0.1) is 38.6 Å². The molecule has 0 bridgehead atoms. The zero-order valence-electron chi connectivity index (χ0n) is 2.08. The van der Waals surface area contributed by atoms with Crippen molar-refractivity contribution < 1.29 is 53.0 Å². The van der Waals surface area contributed by atoms with Crippen LogP contribution in [0.3, 0.4) is 0 Å². The smallest absolute Gasteiger partial charge is 0.134 e. The van der Waals surface area contributed by atoms with Crippen LogP contribution >= 0.6 is 8.25 Å². The van der Waals surface area contributed by atoms with Gasteiger partial charge >= 0.3 is 8.25 Å². The molecule has 3 nitrogen and oxygen atoms in total. The van der Waals surface area contributed by atoms with Crippen molar-refractivity contribution in [3.8, 4) is 0 Å². The monoisotopic (exact) mass is 240 g/mol. The largest absolute Gasteiger partial charge is 0.692 e. The first-order chi connectivity index (χ1) is 1.73. The van der Waals surface area contributed by atoms with Gasteiger partial charge in [-0.15, -0.1) is 9.79 Å². The average Bonchev–Trinajstić information content (AvgIpc) is 0.811. The van der Waals surface area contributed by atoms with E-state index in [1.165, 1.54) is 0 Å². The molecule has 0 atom stereocenters. The molecule has 0 aromatic rings. The minimum absolute atomic E-state index is 0. The molecule has 0 unspecified atom stereocenters. The predicted octanol–water partition coefficient (Wildman–Crippen LogP) is -0.372. The van der Waals surface area contributed by atoms with Crippen LogP contribution in [0.5, 0.6) is 0 Å². The maximum Gasteiger partial charge on any atom is 0.692 e. The summed E-state index contributed by atoms with van der Waals surface area (Å²) in [7, 11) is -2.87. The number of hydrogen-bond acceptors (Lipinski definition) is 1. The summed E-state index contributed by atoms with van der Waals surface area (Å²) in [6.45, 7) is 0. The summed E-state index contributed by atoms with van der Waals surface area (Å²) in [4.78, 5) is 14.2. The Labute approximate surface area is 60.8 Å². The Balaban J connectivity index is 0. The second-order valence-electron chi connectivity index (χ2n) is 0.253. The molecule has 0 aromatic carbocycles. The first-order valence-electron chi connectivity index (χ1n) is 0.583. The van der Waals surface area contributed by atoms with Crippen molar-refractivity contribution in [3.63, 3.8) is 0 Å². The molecule has 0 saturated heterocycles. The predicted molar refractivity (Wildman–Crippen MR) is 12.0 cm³/mol. The molecule has 5 heteroatoms. The van der Waals surface area contributed by atoms with E-state index in [1.807, 2.05) is 0 Å². The van der Waals surface area contributed by atoms with E-state index in [0.29, 0.717) is 0 Å². The fourth-order valence-corrected chi connectivity index (χ4v) is 0. The molecule has 0 aliphatic carbocycles. The van der Waals surface area contributed by atoms with Gasteiger partial charge in [0.15, 0.2) is 0 Å². The van der Waals surface area contributed by atoms with Crippen LogP contribution in [0.2, 0.25) is 0 Å². The summed E-state index contributed by atoms with van der Waals surface area (Å²) in [6.07, 6.45) is 0. The Hall–Kier alpha value is 1.31. The Kier molecular flexibility index (Phi) is 10.2. The molecule has 1 radical (unpaired) electrons. The normalized spacial score (nSPS) is 5.20. The Morgan fingerprint density at radius 1 is 1.40 bits per heavy atom. The molecule has 5 heavy (non-hydrogen) atoms. The summed E-state index contributed by atoms with van der Waals surface area (Å²) in [6, 6.07) is 0. The SMILES string of the molecule is O=[P+](O)O.[Tb]. The Morgan fingerprint density at radius 2 is 1.40 bits per heavy atom. The van der Waals surface area contributed by atoms with Crippen molar-refractivity contribution in [2.24, 2.45) is 0 Å². The minimum atomic E-state index is -2.87. The molecule has 33 valence electrons. The van der Waals surface area contributed by atoms with E-state index < -0.39 is 8.25 Å². The molecule has 0 rings (SSSR count). The zero-order valence-corrected chi connectivity index (χ0v) is 5.12. The van der Waals surface area contributed by atoms with E-state index in [0.717, 1.165) is 0 Å². The third kappa shape index (κ3) is 34.0. The van der Waals surface area contributed by atoms with Gasteiger partial charge in [0.2, 0.25) is 0 Å². The van der Waals surface area contributed by atoms with Crippen molar-refractivity contribution in [2.75, 3.05) is 0 Å². The van der Waals surface area contributed by atoms with E-state index in [4.69, 9.17) is 14.4 Å². The van der Waals surface area contributed by atoms with Crippen LogP contribution in [0.1, 0.15) is 0 Å². The van der Waals surface area contributed by atoms with Crippen molar-refractivity contribution in [2.45, 2.75) is 0 Å². The summed E-state index contributed by atoms with van der Waals surface area (Å²) in [5, 5.41) is 0. The Bertz CT molecular complexity index is 29.9. The van der Waals surface area contributed by atoms with Crippen LogP contribution in [0.15, 0.2) is 0 Å². The quantitative estimate of drug-likeness (QED) is 0.568. The van der Waals surface area contributed by atoms with Gasteiger partial charge < -0.3 is 0 Å². The number of rotatable bonds is 0. The van der Waals surface area contributed by atoms with Gasteiger partial charge in [0.1, 0.15) is 0 Å². The van der Waals surface area contributed by atoms with Gasteiger partial charge in [-0.05, 0) is 0 Å². The maximum atomic E-state index is 8.70. The van der Waals surface area contributed by atoms with E-state index in [9.17, 15) is 0 Å². The first-order valence-corrected chi connectivity index (χ1v) is 1.75. The van der Waals surface area contributed by atoms with Crippen molar-refractivity contribution in [3.05, 3.63) is 0 Å². The summed E-state index contributed by atoms with van der Waals surface area (Å²) in [5.41, 5.74) is 0. The average molecular weight is 240 g/mol. The molecule has 0 amide bonds. The van der Waals surface area contributed by atoms with Gasteiger partial charge in [0.05, 0.1) is 0 Å². The maximum absolute atomic E-state index is 8.70. The van der Waals surface area contributed by atoms with E-state index in [2.05, 4.69) is 0 Å². The molecule has 0 heterocycles. The fraction of sp³-hybridized carbons (Fsp3) is 0. The van der Waals surface area contributed by atoms with Crippen LogP contribution in [0.4, 0.5) is 0 Å². The third-order valence-corrected chi connectivity index (χ3v) is 0. The second kappa shape index (κ2) is 5.31.